The Hall–Kier alpha value is -3.37. The maximum atomic E-state index is 13.9. The summed E-state index contributed by atoms with van der Waals surface area (Å²) < 4.78 is 35.1. The number of halogens is 1. The molecule has 39 heavy (non-hydrogen) atoms. The fourth-order valence-electron chi connectivity index (χ4n) is 4.13. The molecule has 0 aliphatic heterocycles. The van der Waals surface area contributed by atoms with Crippen molar-refractivity contribution in [2.24, 2.45) is 0 Å². The number of sulfonamides is 1. The lowest BCUT2D eigenvalue weighted by molar-refractivity contribution is -0.140. The van der Waals surface area contributed by atoms with Crippen LogP contribution in [0.2, 0.25) is 0 Å². The highest BCUT2D eigenvalue weighted by atomic mass is 79.9. The van der Waals surface area contributed by atoms with Gasteiger partial charge < -0.3 is 15.0 Å². The van der Waals surface area contributed by atoms with Crippen LogP contribution in [-0.4, -0.2) is 50.9 Å². The molecule has 8 nitrogen and oxygen atoms in total. The number of hydrogen-bond acceptors (Lipinski definition) is 5. The second-order valence-electron chi connectivity index (χ2n) is 8.72. The minimum absolute atomic E-state index is 0.0396. The van der Waals surface area contributed by atoms with E-state index < -0.39 is 28.5 Å². The molecule has 0 saturated heterocycles. The summed E-state index contributed by atoms with van der Waals surface area (Å²) in [6, 6.07) is 21.3. The van der Waals surface area contributed by atoms with Crippen molar-refractivity contribution in [3.05, 3.63) is 88.9 Å². The molecule has 0 aromatic heterocycles. The van der Waals surface area contributed by atoms with Crippen molar-refractivity contribution in [3.63, 3.8) is 0 Å². The van der Waals surface area contributed by atoms with Gasteiger partial charge in [0.2, 0.25) is 11.8 Å². The van der Waals surface area contributed by atoms with Crippen LogP contribution in [0.25, 0.3) is 0 Å². The summed E-state index contributed by atoms with van der Waals surface area (Å²) >= 11 is 3.34. The van der Waals surface area contributed by atoms with Crippen LogP contribution in [-0.2, 0) is 26.2 Å². The second kappa shape index (κ2) is 14.1. The number of nitrogens with zero attached hydrogens (tertiary/aromatic N) is 2. The fraction of sp³-hybridized carbons (Fsp3) is 0.310. The summed E-state index contributed by atoms with van der Waals surface area (Å²) in [5.41, 5.74) is 1.14. The van der Waals surface area contributed by atoms with E-state index in [4.69, 9.17) is 4.74 Å². The minimum atomic E-state index is -4.14. The quantitative estimate of drug-likeness (QED) is 0.292. The molecule has 3 aromatic carbocycles. The van der Waals surface area contributed by atoms with E-state index in [2.05, 4.69) is 21.2 Å². The zero-order valence-electron chi connectivity index (χ0n) is 22.3. The van der Waals surface area contributed by atoms with Crippen LogP contribution in [0.3, 0.4) is 0 Å². The summed E-state index contributed by atoms with van der Waals surface area (Å²) in [6.07, 6.45) is 0.368. The molecule has 208 valence electrons. The van der Waals surface area contributed by atoms with Crippen LogP contribution in [0.4, 0.5) is 5.69 Å². The molecule has 0 aliphatic rings. The predicted molar refractivity (Wildman–Crippen MR) is 156 cm³/mol. The van der Waals surface area contributed by atoms with Gasteiger partial charge in [0.1, 0.15) is 18.3 Å². The third-order valence-electron chi connectivity index (χ3n) is 6.05. The molecule has 0 fully saturated rings. The van der Waals surface area contributed by atoms with Crippen LogP contribution < -0.4 is 14.4 Å². The topological polar surface area (TPSA) is 96.0 Å². The molecular formula is C29H34BrN3O5S. The summed E-state index contributed by atoms with van der Waals surface area (Å²) in [7, 11) is -4.14. The van der Waals surface area contributed by atoms with Crippen molar-refractivity contribution in [2.75, 3.05) is 24.0 Å². The van der Waals surface area contributed by atoms with Gasteiger partial charge in [0, 0.05) is 17.6 Å². The van der Waals surface area contributed by atoms with Gasteiger partial charge in [0.05, 0.1) is 17.2 Å². The molecule has 3 aromatic rings. The zero-order chi connectivity index (χ0) is 28.4. The first-order valence-corrected chi connectivity index (χ1v) is 15.1. The molecule has 3 rings (SSSR count). The molecule has 1 atom stereocenters. The minimum Gasteiger partial charge on any atom is -0.494 e. The first kappa shape index (κ1) is 30.2. The number of hydrogen-bond donors (Lipinski definition) is 1. The zero-order valence-corrected chi connectivity index (χ0v) is 24.7. The molecule has 0 spiro atoms. The van der Waals surface area contributed by atoms with Crippen LogP contribution >= 0.6 is 15.9 Å². The molecule has 0 radical (unpaired) electrons. The molecule has 0 unspecified atom stereocenters. The highest BCUT2D eigenvalue weighted by Crippen LogP contribution is 2.27. The average molecular weight is 617 g/mol. The lowest BCUT2D eigenvalue weighted by Gasteiger charge is -2.33. The van der Waals surface area contributed by atoms with Gasteiger partial charge in [-0.25, -0.2) is 8.42 Å². The largest absolute Gasteiger partial charge is 0.494 e. The van der Waals surface area contributed by atoms with Crippen molar-refractivity contribution in [1.29, 1.82) is 0 Å². The van der Waals surface area contributed by atoms with Crippen molar-refractivity contribution < 1.29 is 22.7 Å². The fourth-order valence-corrected chi connectivity index (χ4v) is 5.81. The highest BCUT2D eigenvalue weighted by molar-refractivity contribution is 9.10. The lowest BCUT2D eigenvalue weighted by atomic mass is 10.1. The Balaban J connectivity index is 2.04. The van der Waals surface area contributed by atoms with E-state index in [9.17, 15) is 18.0 Å². The molecule has 1 N–H and O–H groups in total. The molecule has 0 bridgehead atoms. The number of anilines is 1. The number of carbonyl (C=O) groups excluding carboxylic acids is 2. The lowest BCUT2D eigenvalue weighted by Crippen LogP contribution is -2.52. The van der Waals surface area contributed by atoms with Gasteiger partial charge >= 0.3 is 0 Å². The molecule has 10 heteroatoms. The van der Waals surface area contributed by atoms with Crippen molar-refractivity contribution in [2.45, 2.75) is 44.7 Å². The Morgan fingerprint density at radius 3 is 2.13 bits per heavy atom. The van der Waals surface area contributed by atoms with Gasteiger partial charge in [-0.3, -0.25) is 13.9 Å². The molecular weight excluding hydrogens is 582 g/mol. The van der Waals surface area contributed by atoms with E-state index in [1.807, 2.05) is 51.1 Å². The van der Waals surface area contributed by atoms with Crippen molar-refractivity contribution in [1.82, 2.24) is 10.2 Å². The predicted octanol–water partition coefficient (Wildman–Crippen LogP) is 4.99. The van der Waals surface area contributed by atoms with E-state index in [-0.39, 0.29) is 17.3 Å². The number of amides is 2. The Kier molecular flexibility index (Phi) is 10.9. The van der Waals surface area contributed by atoms with Crippen LogP contribution in [0, 0.1) is 0 Å². The van der Waals surface area contributed by atoms with Gasteiger partial charge in [0.15, 0.2) is 0 Å². The van der Waals surface area contributed by atoms with Crippen molar-refractivity contribution >= 4 is 43.5 Å². The van der Waals surface area contributed by atoms with E-state index in [1.54, 1.807) is 36.4 Å². The van der Waals surface area contributed by atoms with Gasteiger partial charge in [-0.2, -0.15) is 0 Å². The first-order valence-electron chi connectivity index (χ1n) is 12.8. The number of rotatable bonds is 13. The van der Waals surface area contributed by atoms with Gasteiger partial charge in [0.25, 0.3) is 10.0 Å². The Morgan fingerprint density at radius 1 is 0.923 bits per heavy atom. The molecule has 0 heterocycles. The number of benzene rings is 3. The standard InChI is InChI=1S/C29H34BrN3O5S/c1-4-27(29(35)31-5-2)32(20-22-10-8-7-9-11-22)28(34)21-33(24-14-16-25(17-15-24)38-6-3)39(36,37)26-18-12-23(30)13-19-26/h7-19,27H,4-6,20-21H2,1-3H3,(H,31,35)/t27-/m1/s1. The average Bonchev–Trinajstić information content (AvgIpc) is 2.93. The van der Waals surface area contributed by atoms with Gasteiger partial charge in [-0.05, 0) is 74.4 Å². The molecule has 0 saturated carbocycles. The molecule has 2 amide bonds. The maximum absolute atomic E-state index is 13.9. The third-order valence-corrected chi connectivity index (χ3v) is 8.37. The maximum Gasteiger partial charge on any atom is 0.264 e. The van der Waals surface area contributed by atoms with Crippen molar-refractivity contribution in [3.8, 4) is 5.75 Å². The van der Waals surface area contributed by atoms with E-state index in [1.165, 1.54) is 17.0 Å². The van der Waals surface area contributed by atoms with Gasteiger partial charge in [-0.15, -0.1) is 0 Å². The summed E-state index contributed by atoms with van der Waals surface area (Å²) in [6.45, 7) is 6.04. The number of carbonyl (C=O) groups is 2. The highest BCUT2D eigenvalue weighted by Gasteiger charge is 2.33. The summed E-state index contributed by atoms with van der Waals surface area (Å²) in [5.74, 6) is -0.194. The second-order valence-corrected chi connectivity index (χ2v) is 11.5. The smallest absolute Gasteiger partial charge is 0.264 e. The Labute approximate surface area is 239 Å². The van der Waals surface area contributed by atoms with Crippen LogP contribution in [0.15, 0.2) is 88.2 Å². The first-order chi connectivity index (χ1) is 18.7. The summed E-state index contributed by atoms with van der Waals surface area (Å²) in [5, 5.41) is 2.80. The number of likely N-dealkylation sites (N-methyl/N-ethyl adjacent to an activating group) is 1. The van der Waals surface area contributed by atoms with Gasteiger partial charge in [-0.1, -0.05) is 53.2 Å². The molecule has 0 aliphatic carbocycles. The number of nitrogens with one attached hydrogen (secondary N) is 1. The Bertz CT molecular complexity index is 1330. The monoisotopic (exact) mass is 615 g/mol. The third kappa shape index (κ3) is 7.83. The van der Waals surface area contributed by atoms with E-state index >= 15 is 0 Å². The normalized spacial score (nSPS) is 11.9. The van der Waals surface area contributed by atoms with E-state index in [0.717, 1.165) is 14.3 Å². The summed E-state index contributed by atoms with van der Waals surface area (Å²) in [4.78, 5) is 28.4. The van der Waals surface area contributed by atoms with Crippen LogP contribution in [0.1, 0.15) is 32.8 Å². The van der Waals surface area contributed by atoms with E-state index in [0.29, 0.717) is 31.0 Å². The SMILES string of the molecule is CCNC(=O)[C@@H](CC)N(Cc1ccccc1)C(=O)CN(c1ccc(OCC)cc1)S(=O)(=O)c1ccc(Br)cc1. The Morgan fingerprint density at radius 2 is 1.56 bits per heavy atom. The number of ether oxygens (including phenoxy) is 1. The van der Waals surface area contributed by atoms with Crippen LogP contribution in [0.5, 0.6) is 5.75 Å².